The van der Waals surface area contributed by atoms with Crippen LogP contribution in [0.25, 0.3) is 0 Å². The molecule has 0 radical (unpaired) electrons. The molecule has 0 aliphatic carbocycles. The van der Waals surface area contributed by atoms with E-state index in [1.165, 1.54) is 6.92 Å². The number of hydrogen-bond donors (Lipinski definition) is 2. The van der Waals surface area contributed by atoms with Gasteiger partial charge >= 0.3 is 6.03 Å². The number of carbonyl (C=O) groups is 4. The van der Waals surface area contributed by atoms with Crippen LogP contribution in [0.15, 0.2) is 54.6 Å². The molecule has 2 aliphatic rings. The highest BCUT2D eigenvalue weighted by Crippen LogP contribution is 2.25. The van der Waals surface area contributed by atoms with Gasteiger partial charge in [0.15, 0.2) is 0 Å². The van der Waals surface area contributed by atoms with E-state index in [1.54, 1.807) is 29.2 Å². The van der Waals surface area contributed by atoms with Crippen LogP contribution in [0.5, 0.6) is 0 Å². The Bertz CT molecular complexity index is 1060. The van der Waals surface area contributed by atoms with Crippen LogP contribution in [0.1, 0.15) is 31.4 Å². The summed E-state index contributed by atoms with van der Waals surface area (Å²) in [6.07, 6.45) is 0.166. The van der Waals surface area contributed by atoms with Crippen LogP contribution in [-0.2, 0) is 19.1 Å². The average molecular weight is 450 g/mol. The average Bonchev–Trinajstić information content (AvgIpc) is 3.10. The molecule has 2 aromatic carbocycles. The number of nitrogens with one attached hydrogen (secondary N) is 2. The van der Waals surface area contributed by atoms with Crippen molar-refractivity contribution in [2.45, 2.75) is 31.9 Å². The maximum atomic E-state index is 12.9. The molecule has 2 fully saturated rings. The Morgan fingerprint density at radius 2 is 1.91 bits per heavy atom. The molecular formula is C24H26N4O5. The van der Waals surface area contributed by atoms with Gasteiger partial charge in [0.2, 0.25) is 11.8 Å². The molecule has 2 aliphatic heterocycles. The number of rotatable bonds is 6. The fraction of sp³-hybridized carbons (Fsp3) is 0.333. The SMILES string of the molecule is CC(=O)Nc1cccc(N2C(=O)NC(CCC(=O)N3CCOC(c4ccccc4)C3)C2=O)c1. The van der Waals surface area contributed by atoms with Crippen LogP contribution in [0, 0.1) is 0 Å². The largest absolute Gasteiger partial charge is 0.370 e. The van der Waals surface area contributed by atoms with Crippen LogP contribution in [0.2, 0.25) is 0 Å². The lowest BCUT2D eigenvalue weighted by Crippen LogP contribution is -2.43. The van der Waals surface area contributed by atoms with E-state index in [-0.39, 0.29) is 30.8 Å². The summed E-state index contributed by atoms with van der Waals surface area (Å²) in [5.41, 5.74) is 1.86. The van der Waals surface area contributed by atoms with Gasteiger partial charge in [0.25, 0.3) is 5.91 Å². The monoisotopic (exact) mass is 450 g/mol. The Kier molecular flexibility index (Phi) is 6.69. The fourth-order valence-corrected chi connectivity index (χ4v) is 4.07. The van der Waals surface area contributed by atoms with Crippen molar-refractivity contribution in [3.63, 3.8) is 0 Å². The van der Waals surface area contributed by atoms with Crippen molar-refractivity contribution in [3.8, 4) is 0 Å². The minimum absolute atomic E-state index is 0.0765. The molecule has 2 saturated heterocycles. The van der Waals surface area contributed by atoms with Crippen molar-refractivity contribution < 1.29 is 23.9 Å². The van der Waals surface area contributed by atoms with E-state index < -0.39 is 18.0 Å². The van der Waals surface area contributed by atoms with Crippen molar-refractivity contribution in [2.75, 3.05) is 29.9 Å². The highest BCUT2D eigenvalue weighted by atomic mass is 16.5. The second-order valence-electron chi connectivity index (χ2n) is 8.06. The lowest BCUT2D eigenvalue weighted by molar-refractivity contribution is -0.139. The summed E-state index contributed by atoms with van der Waals surface area (Å²) in [6.45, 7) is 2.78. The summed E-state index contributed by atoms with van der Waals surface area (Å²) < 4.78 is 5.81. The van der Waals surface area contributed by atoms with Crippen molar-refractivity contribution in [3.05, 3.63) is 60.2 Å². The number of anilines is 2. The Hall–Kier alpha value is -3.72. The molecule has 33 heavy (non-hydrogen) atoms. The zero-order valence-electron chi connectivity index (χ0n) is 18.3. The first-order valence-electron chi connectivity index (χ1n) is 10.9. The summed E-state index contributed by atoms with van der Waals surface area (Å²) >= 11 is 0. The minimum Gasteiger partial charge on any atom is -0.370 e. The zero-order chi connectivity index (χ0) is 23.4. The number of hydrogen-bond acceptors (Lipinski definition) is 5. The van der Waals surface area contributed by atoms with Gasteiger partial charge in [-0.1, -0.05) is 36.4 Å². The number of benzene rings is 2. The molecule has 2 heterocycles. The molecule has 9 heteroatoms. The van der Waals surface area contributed by atoms with Crippen molar-refractivity contribution in [1.82, 2.24) is 10.2 Å². The molecule has 5 amide bonds. The number of imide groups is 1. The van der Waals surface area contributed by atoms with Crippen molar-refractivity contribution in [2.24, 2.45) is 0 Å². The van der Waals surface area contributed by atoms with Gasteiger partial charge < -0.3 is 20.3 Å². The van der Waals surface area contributed by atoms with E-state index in [9.17, 15) is 19.2 Å². The van der Waals surface area contributed by atoms with Gasteiger partial charge in [-0.25, -0.2) is 9.69 Å². The highest BCUT2D eigenvalue weighted by Gasteiger charge is 2.39. The number of ether oxygens (including phenoxy) is 1. The van der Waals surface area contributed by atoms with Gasteiger partial charge in [0.05, 0.1) is 18.8 Å². The molecule has 2 unspecified atom stereocenters. The third kappa shape index (κ3) is 5.20. The maximum absolute atomic E-state index is 12.9. The van der Waals surface area contributed by atoms with Crippen LogP contribution in [-0.4, -0.2) is 54.4 Å². The normalized spacial score (nSPS) is 20.5. The number of carbonyl (C=O) groups excluding carboxylic acids is 4. The molecule has 172 valence electrons. The van der Waals surface area contributed by atoms with E-state index >= 15 is 0 Å². The Morgan fingerprint density at radius 3 is 2.67 bits per heavy atom. The first kappa shape index (κ1) is 22.5. The van der Waals surface area contributed by atoms with E-state index in [0.29, 0.717) is 31.1 Å². The molecule has 0 spiro atoms. The van der Waals surface area contributed by atoms with Gasteiger partial charge in [-0.2, -0.15) is 0 Å². The Balaban J connectivity index is 1.35. The van der Waals surface area contributed by atoms with E-state index in [0.717, 1.165) is 10.5 Å². The summed E-state index contributed by atoms with van der Waals surface area (Å²) in [5.74, 6) is -0.748. The summed E-state index contributed by atoms with van der Waals surface area (Å²) in [7, 11) is 0. The number of amides is 5. The Morgan fingerprint density at radius 1 is 1.12 bits per heavy atom. The first-order valence-corrected chi connectivity index (χ1v) is 10.9. The fourth-order valence-electron chi connectivity index (χ4n) is 4.07. The standard InChI is InChI=1S/C24H26N4O5/c1-16(29)25-18-8-5-9-19(14-18)28-23(31)20(26-24(28)32)10-11-22(30)27-12-13-33-21(15-27)17-6-3-2-4-7-17/h2-9,14,20-21H,10-13,15H2,1H3,(H,25,29)(H,26,32). The summed E-state index contributed by atoms with van der Waals surface area (Å²) in [5, 5.41) is 5.29. The molecule has 2 N–H and O–H groups in total. The minimum atomic E-state index is -0.781. The van der Waals surface area contributed by atoms with E-state index in [2.05, 4.69) is 10.6 Å². The second-order valence-corrected chi connectivity index (χ2v) is 8.06. The molecule has 2 atom stereocenters. The van der Waals surface area contributed by atoms with Gasteiger partial charge in [-0.05, 0) is 30.2 Å². The van der Waals surface area contributed by atoms with Gasteiger partial charge in [-0.15, -0.1) is 0 Å². The lowest BCUT2D eigenvalue weighted by atomic mass is 10.1. The molecule has 0 bridgehead atoms. The van der Waals surface area contributed by atoms with Gasteiger partial charge in [0.1, 0.15) is 12.1 Å². The smallest absolute Gasteiger partial charge is 0.329 e. The molecular weight excluding hydrogens is 424 g/mol. The highest BCUT2D eigenvalue weighted by molar-refractivity contribution is 6.21. The number of morpholine rings is 1. The first-order chi connectivity index (χ1) is 15.9. The van der Waals surface area contributed by atoms with E-state index in [4.69, 9.17) is 4.74 Å². The lowest BCUT2D eigenvalue weighted by Gasteiger charge is -2.33. The zero-order valence-corrected chi connectivity index (χ0v) is 18.3. The topological polar surface area (TPSA) is 108 Å². The van der Waals surface area contributed by atoms with Crippen LogP contribution < -0.4 is 15.5 Å². The van der Waals surface area contributed by atoms with Crippen LogP contribution >= 0.6 is 0 Å². The number of urea groups is 1. The van der Waals surface area contributed by atoms with Gasteiger partial charge in [-0.3, -0.25) is 14.4 Å². The number of nitrogens with zero attached hydrogens (tertiary/aromatic N) is 2. The summed E-state index contributed by atoms with van der Waals surface area (Å²) in [4.78, 5) is 52.2. The van der Waals surface area contributed by atoms with Crippen molar-refractivity contribution >= 4 is 35.1 Å². The second kappa shape index (κ2) is 9.83. The molecule has 0 saturated carbocycles. The van der Waals surface area contributed by atoms with E-state index in [1.807, 2.05) is 30.3 Å². The molecule has 2 aromatic rings. The Labute approximate surface area is 191 Å². The predicted molar refractivity (Wildman–Crippen MR) is 122 cm³/mol. The maximum Gasteiger partial charge on any atom is 0.329 e. The third-order valence-electron chi connectivity index (χ3n) is 5.68. The quantitative estimate of drug-likeness (QED) is 0.658. The molecule has 9 nitrogen and oxygen atoms in total. The van der Waals surface area contributed by atoms with Crippen molar-refractivity contribution in [1.29, 1.82) is 0 Å². The van der Waals surface area contributed by atoms with Crippen LogP contribution in [0.3, 0.4) is 0 Å². The summed E-state index contributed by atoms with van der Waals surface area (Å²) in [6, 6.07) is 14.9. The molecule has 0 aromatic heterocycles. The van der Waals surface area contributed by atoms with Gasteiger partial charge in [0, 0.05) is 25.6 Å². The predicted octanol–water partition coefficient (Wildman–Crippen LogP) is 2.45. The van der Waals surface area contributed by atoms with Crippen LogP contribution in [0.4, 0.5) is 16.2 Å². The molecule has 4 rings (SSSR count). The third-order valence-corrected chi connectivity index (χ3v) is 5.68.